The number of benzene rings is 20. The number of rotatable bonds is 15. The normalized spacial score (nSPS) is 11.5. The topological polar surface area (TPSA) is 39.3 Å². The molecule has 0 aliphatic rings. The van der Waals surface area contributed by atoms with E-state index in [4.69, 9.17) is 0 Å². The third kappa shape index (κ3) is 13.8. The van der Waals surface area contributed by atoms with Crippen molar-refractivity contribution in [3.8, 4) is 34.1 Å². The number of nitrogens with zero attached hydrogens (tertiary/aromatic N) is 9. The Balaban J connectivity index is 0.000000109. The zero-order valence-electron chi connectivity index (χ0n) is 71.6. The number of hydrogen-bond acceptors (Lipinski definition) is 3. The van der Waals surface area contributed by atoms with Gasteiger partial charge >= 0.3 is 0 Å². The Bertz CT molecular complexity index is 8550. The van der Waals surface area contributed by atoms with Crippen molar-refractivity contribution in [1.29, 1.82) is 0 Å². The van der Waals surface area contributed by atoms with Crippen molar-refractivity contribution in [2.24, 2.45) is 0 Å². The van der Waals surface area contributed by atoms with Crippen LogP contribution in [-0.4, -0.2) is 27.4 Å². The van der Waals surface area contributed by atoms with Crippen LogP contribution in [0.3, 0.4) is 0 Å². The van der Waals surface area contributed by atoms with Gasteiger partial charge in [0.1, 0.15) is 0 Å². The Morgan fingerprint density at radius 2 is 0.366 bits per heavy atom. The molecule has 0 spiro atoms. The molecule has 0 amide bonds. The first-order chi connectivity index (χ1) is 65.0. The maximum absolute atomic E-state index is 2.42. The molecule has 618 valence electrons. The Kier molecular flexibility index (Phi) is 19.4. The summed E-state index contributed by atoms with van der Waals surface area (Å²) in [4.78, 5) is 7.00. The molecule has 0 saturated heterocycles. The van der Waals surface area contributed by atoms with Gasteiger partial charge in [0, 0.05) is 152 Å². The summed E-state index contributed by atoms with van der Waals surface area (Å²) in [7, 11) is 0. The van der Waals surface area contributed by atoms with Crippen LogP contribution in [0.5, 0.6) is 0 Å². The standard InChI is InChI=1S/C46H31N3.2C38H27N3/c1-2-15-36(16-3-1)47-28-27-42-43(47)25-26-45-46(42)41-19-8-9-20-44(41)49(45)38-18-10-17-37(31-38)48(39-23-21-32-11-4-6-13-34(32)29-39)40-24-22-33-12-5-7-14-35(33)30-40;1-4-13-28(14-5-1)39-26-25-34-35(39)23-24-37-38(34)33-21-10-11-22-36(33)41(37)32-20-12-19-31(27-32)40(29-15-6-2-7-16-29)30-17-8-3-9-18-30;1-4-12-28(13-5-1)39-27-26-34-35(39)24-25-37-38(34)33-18-10-11-19-36(33)41(37)32-22-20-31(21-23-32)40(29-14-6-2-7-15-29)30-16-8-3-9-17-30/h1-31H;2*1-27H. The molecule has 0 unspecified atom stereocenters. The molecule has 0 radical (unpaired) electrons. The molecule has 0 aliphatic carbocycles. The Labute approximate surface area is 758 Å². The van der Waals surface area contributed by atoms with Gasteiger partial charge in [-0.05, 0) is 264 Å². The largest absolute Gasteiger partial charge is 0.317 e. The van der Waals surface area contributed by atoms with E-state index < -0.39 is 0 Å². The molecular weight excluding hydrogens is 1590 g/mol. The Morgan fingerprint density at radius 3 is 0.718 bits per heavy atom. The van der Waals surface area contributed by atoms with Crippen molar-refractivity contribution in [3.05, 3.63) is 516 Å². The van der Waals surface area contributed by atoms with Crippen molar-refractivity contribution >= 4 is 171 Å². The molecule has 6 aromatic heterocycles. The number of para-hydroxylation sites is 10. The molecule has 9 nitrogen and oxygen atoms in total. The second kappa shape index (κ2) is 33.0. The molecule has 0 saturated carbocycles. The van der Waals surface area contributed by atoms with Crippen molar-refractivity contribution in [2.45, 2.75) is 0 Å². The highest BCUT2D eigenvalue weighted by Gasteiger charge is 2.25. The quantitative estimate of drug-likeness (QED) is 0.103. The highest BCUT2D eigenvalue weighted by atomic mass is 15.2. The molecule has 6 heterocycles. The first kappa shape index (κ1) is 76.9. The zero-order chi connectivity index (χ0) is 86.7. The van der Waals surface area contributed by atoms with Gasteiger partial charge in [-0.3, -0.25) is 0 Å². The van der Waals surface area contributed by atoms with Gasteiger partial charge in [-0.1, -0.05) is 255 Å². The summed E-state index contributed by atoms with van der Waals surface area (Å²) in [5.41, 5.74) is 27.8. The summed E-state index contributed by atoms with van der Waals surface area (Å²) < 4.78 is 14.1. The summed E-state index contributed by atoms with van der Waals surface area (Å²) >= 11 is 0. The van der Waals surface area contributed by atoms with Gasteiger partial charge < -0.3 is 42.1 Å². The number of hydrogen-bond donors (Lipinski definition) is 0. The second-order valence-corrected chi connectivity index (χ2v) is 33.3. The second-order valence-electron chi connectivity index (χ2n) is 33.3. The molecule has 26 aromatic rings. The predicted molar refractivity (Wildman–Crippen MR) is 552 cm³/mol. The van der Waals surface area contributed by atoms with Gasteiger partial charge in [0.05, 0.1) is 49.7 Å². The van der Waals surface area contributed by atoms with Crippen LogP contribution in [0, 0.1) is 0 Å². The molecule has 26 rings (SSSR count). The minimum Gasteiger partial charge on any atom is -0.317 e. The lowest BCUT2D eigenvalue weighted by Gasteiger charge is -2.27. The first-order valence-electron chi connectivity index (χ1n) is 44.7. The average molecular weight is 1680 g/mol. The van der Waals surface area contributed by atoms with Crippen LogP contribution < -0.4 is 14.7 Å². The van der Waals surface area contributed by atoms with Gasteiger partial charge in [-0.25, -0.2) is 0 Å². The fourth-order valence-electron chi connectivity index (χ4n) is 19.9. The van der Waals surface area contributed by atoms with E-state index in [1.54, 1.807) is 0 Å². The third-order valence-corrected chi connectivity index (χ3v) is 25.7. The summed E-state index contributed by atoms with van der Waals surface area (Å²) in [6.45, 7) is 0. The molecule has 20 aromatic carbocycles. The van der Waals surface area contributed by atoms with Crippen LogP contribution in [0.4, 0.5) is 51.2 Å². The van der Waals surface area contributed by atoms with Gasteiger partial charge in [-0.2, -0.15) is 0 Å². The molecule has 0 bridgehead atoms. The molecule has 0 fully saturated rings. The average Bonchev–Trinajstić information content (AvgIpc) is 1.57. The number of fused-ring (bicyclic) bond motifs is 17. The Morgan fingerprint density at radius 1 is 0.130 bits per heavy atom. The van der Waals surface area contributed by atoms with E-state index in [0.717, 1.165) is 73.9 Å². The summed E-state index contributed by atoms with van der Waals surface area (Å²) in [6, 6.07) is 178. The minimum absolute atomic E-state index is 1.10. The highest BCUT2D eigenvalue weighted by molar-refractivity contribution is 6.24. The van der Waals surface area contributed by atoms with E-state index in [2.05, 4.69) is 558 Å². The lowest BCUT2D eigenvalue weighted by atomic mass is 10.1. The maximum atomic E-state index is 2.42. The third-order valence-electron chi connectivity index (χ3n) is 25.7. The Hall–Kier alpha value is -17.7. The van der Waals surface area contributed by atoms with Gasteiger partial charge in [0.15, 0.2) is 0 Å². The molecular formula is C122H85N9. The van der Waals surface area contributed by atoms with Crippen LogP contribution in [0.2, 0.25) is 0 Å². The zero-order valence-corrected chi connectivity index (χ0v) is 71.6. The predicted octanol–water partition coefficient (Wildman–Crippen LogP) is 32.9. The van der Waals surface area contributed by atoms with Crippen molar-refractivity contribution in [3.63, 3.8) is 0 Å². The van der Waals surface area contributed by atoms with E-state index in [1.807, 2.05) is 0 Å². The summed E-state index contributed by atoms with van der Waals surface area (Å²) in [5.74, 6) is 0. The number of anilines is 9. The number of aromatic nitrogens is 6. The van der Waals surface area contributed by atoms with Crippen molar-refractivity contribution < 1.29 is 0 Å². The van der Waals surface area contributed by atoms with Crippen LogP contribution in [0.1, 0.15) is 0 Å². The molecule has 0 aliphatic heterocycles. The van der Waals surface area contributed by atoms with Gasteiger partial charge in [0.2, 0.25) is 0 Å². The fraction of sp³-hybridized carbons (Fsp3) is 0. The van der Waals surface area contributed by atoms with E-state index in [0.29, 0.717) is 0 Å². The van der Waals surface area contributed by atoms with E-state index in [9.17, 15) is 0 Å². The maximum Gasteiger partial charge on any atom is 0.0548 e. The van der Waals surface area contributed by atoms with Crippen LogP contribution in [-0.2, 0) is 0 Å². The van der Waals surface area contributed by atoms with Gasteiger partial charge in [0.25, 0.3) is 0 Å². The van der Waals surface area contributed by atoms with E-state index in [1.165, 1.54) is 131 Å². The first-order valence-corrected chi connectivity index (χ1v) is 44.7. The minimum atomic E-state index is 1.10. The lowest BCUT2D eigenvalue weighted by Crippen LogP contribution is -2.10. The molecule has 131 heavy (non-hydrogen) atoms. The smallest absolute Gasteiger partial charge is 0.0548 e. The summed E-state index contributed by atoms with van der Waals surface area (Å²) in [5, 5.41) is 16.3. The van der Waals surface area contributed by atoms with E-state index >= 15 is 0 Å². The van der Waals surface area contributed by atoms with Crippen LogP contribution >= 0.6 is 0 Å². The lowest BCUT2D eigenvalue weighted by molar-refractivity contribution is 1.13. The van der Waals surface area contributed by atoms with E-state index in [-0.39, 0.29) is 0 Å². The van der Waals surface area contributed by atoms with Gasteiger partial charge in [-0.15, -0.1) is 0 Å². The highest BCUT2D eigenvalue weighted by Crippen LogP contribution is 2.47. The SMILES string of the molecule is c1ccc(-n2ccc3c4c5ccccc5n(-c5cccc(N(c6ccc7ccccc7c6)c6ccc7ccccc7c6)c5)c4ccc32)cc1.c1ccc(N(c2ccccc2)c2ccc(-n3c4ccccc4c4c5ccn(-c6ccccc6)c5ccc43)cc2)cc1.c1ccc(N(c2ccccc2)c2cccc(-n3c4ccccc4c4c5ccn(-c6ccccc6)c5ccc43)c2)cc1. The van der Waals surface area contributed by atoms with Crippen LogP contribution in [0.15, 0.2) is 516 Å². The fourth-order valence-corrected chi connectivity index (χ4v) is 19.9. The van der Waals surface area contributed by atoms with Crippen molar-refractivity contribution in [2.75, 3.05) is 14.7 Å². The van der Waals surface area contributed by atoms with Crippen molar-refractivity contribution in [1.82, 2.24) is 27.4 Å². The molecule has 0 atom stereocenters. The molecule has 0 N–H and O–H groups in total. The monoisotopic (exact) mass is 1680 g/mol. The van der Waals surface area contributed by atoms with Crippen LogP contribution in [0.25, 0.3) is 154 Å². The summed E-state index contributed by atoms with van der Waals surface area (Å²) in [6.07, 6.45) is 6.56. The molecule has 9 heteroatoms.